The first kappa shape index (κ1) is 18.9. The number of non-ortho nitro benzene ring substituents is 1. The third-order valence-electron chi connectivity index (χ3n) is 4.24. The molecule has 2 atom stereocenters. The van der Waals surface area contributed by atoms with Crippen LogP contribution in [0.2, 0.25) is 0 Å². The normalized spacial score (nSPS) is 19.9. The summed E-state index contributed by atoms with van der Waals surface area (Å²) in [4.78, 5) is 37.4. The van der Waals surface area contributed by atoms with E-state index in [1.165, 1.54) is 24.3 Å². The number of halogens is 1. The van der Waals surface area contributed by atoms with E-state index in [1.54, 1.807) is 0 Å². The minimum absolute atomic E-state index is 0. The first-order valence-corrected chi connectivity index (χ1v) is 7.80. The lowest BCUT2D eigenvalue weighted by Crippen LogP contribution is -2.46. The first-order chi connectivity index (χ1) is 11.4. The standard InChI is InChI=1S/C16H18N4O4.ClH/c1-9-6-10(4-5-17-9)18-16(22)13-8-15(21)19-14-3-2-11(20(23)24)7-12(13)14;/h2-3,7-10,17H,4-6H2,1H3,(H,18,22)(H,19,21);1H. The van der Waals surface area contributed by atoms with Crippen molar-refractivity contribution in [2.24, 2.45) is 0 Å². The van der Waals surface area contributed by atoms with Gasteiger partial charge in [-0.2, -0.15) is 0 Å². The number of hydrogen-bond acceptors (Lipinski definition) is 5. The van der Waals surface area contributed by atoms with Gasteiger partial charge >= 0.3 is 0 Å². The largest absolute Gasteiger partial charge is 0.349 e. The maximum absolute atomic E-state index is 12.6. The highest BCUT2D eigenvalue weighted by Crippen LogP contribution is 2.22. The van der Waals surface area contributed by atoms with Crippen LogP contribution >= 0.6 is 12.4 Å². The van der Waals surface area contributed by atoms with Crippen LogP contribution < -0.4 is 16.2 Å². The third-order valence-corrected chi connectivity index (χ3v) is 4.24. The van der Waals surface area contributed by atoms with Crippen LogP contribution in [-0.4, -0.2) is 34.4 Å². The van der Waals surface area contributed by atoms with Gasteiger partial charge in [-0.25, -0.2) is 0 Å². The Hall–Kier alpha value is -2.45. The number of aromatic nitrogens is 1. The smallest absolute Gasteiger partial charge is 0.270 e. The van der Waals surface area contributed by atoms with Crippen molar-refractivity contribution in [3.05, 3.63) is 50.3 Å². The Kier molecular flexibility index (Phi) is 5.76. The quantitative estimate of drug-likeness (QED) is 0.565. The van der Waals surface area contributed by atoms with Crippen molar-refractivity contribution in [1.82, 2.24) is 15.6 Å². The molecule has 0 radical (unpaired) electrons. The number of benzene rings is 1. The van der Waals surface area contributed by atoms with E-state index < -0.39 is 10.5 Å². The Morgan fingerprint density at radius 3 is 2.80 bits per heavy atom. The molecule has 8 nitrogen and oxygen atoms in total. The molecule has 3 rings (SSSR count). The number of nitro groups is 1. The van der Waals surface area contributed by atoms with Crippen LogP contribution in [0.3, 0.4) is 0 Å². The lowest BCUT2D eigenvalue weighted by Gasteiger charge is -2.28. The van der Waals surface area contributed by atoms with Gasteiger partial charge in [-0.15, -0.1) is 12.4 Å². The van der Waals surface area contributed by atoms with E-state index in [-0.39, 0.29) is 35.6 Å². The third kappa shape index (κ3) is 4.15. The molecule has 1 aliphatic rings. The monoisotopic (exact) mass is 366 g/mol. The summed E-state index contributed by atoms with van der Waals surface area (Å²) in [6.07, 6.45) is 1.60. The number of hydrogen-bond donors (Lipinski definition) is 3. The summed E-state index contributed by atoms with van der Waals surface area (Å²) in [5, 5.41) is 17.6. The molecule has 2 aromatic rings. The minimum atomic E-state index is -0.527. The van der Waals surface area contributed by atoms with E-state index in [9.17, 15) is 19.7 Å². The van der Waals surface area contributed by atoms with E-state index in [4.69, 9.17) is 0 Å². The van der Waals surface area contributed by atoms with Crippen LogP contribution in [0, 0.1) is 10.1 Å². The van der Waals surface area contributed by atoms with Crippen molar-refractivity contribution in [2.45, 2.75) is 31.8 Å². The molecule has 2 unspecified atom stereocenters. The van der Waals surface area contributed by atoms with E-state index in [0.29, 0.717) is 16.9 Å². The van der Waals surface area contributed by atoms with Crippen LogP contribution in [0.5, 0.6) is 0 Å². The number of nitro benzene ring substituents is 1. The zero-order chi connectivity index (χ0) is 17.3. The summed E-state index contributed by atoms with van der Waals surface area (Å²) >= 11 is 0. The molecule has 9 heteroatoms. The van der Waals surface area contributed by atoms with Gasteiger partial charge in [0, 0.05) is 41.2 Å². The molecule has 1 aromatic carbocycles. The van der Waals surface area contributed by atoms with E-state index in [1.807, 2.05) is 6.92 Å². The SMILES string of the molecule is CC1CC(NC(=O)c2cc(=O)[nH]c3ccc([N+](=O)[O-])cc23)CCN1.Cl. The molecule has 1 saturated heterocycles. The average molecular weight is 367 g/mol. The van der Waals surface area contributed by atoms with Crippen molar-refractivity contribution in [3.8, 4) is 0 Å². The molecule has 1 fully saturated rings. The van der Waals surface area contributed by atoms with Crippen molar-refractivity contribution < 1.29 is 9.72 Å². The highest BCUT2D eigenvalue weighted by atomic mass is 35.5. The number of piperidine rings is 1. The predicted octanol–water partition coefficient (Wildman–Crippen LogP) is 1.73. The van der Waals surface area contributed by atoms with Crippen LogP contribution in [0.4, 0.5) is 5.69 Å². The number of fused-ring (bicyclic) bond motifs is 1. The maximum Gasteiger partial charge on any atom is 0.270 e. The van der Waals surface area contributed by atoms with Gasteiger partial charge in [0.2, 0.25) is 5.56 Å². The van der Waals surface area contributed by atoms with Gasteiger partial charge in [-0.05, 0) is 32.4 Å². The van der Waals surface area contributed by atoms with Gasteiger partial charge in [0.1, 0.15) is 0 Å². The Balaban J connectivity index is 0.00000225. The van der Waals surface area contributed by atoms with Gasteiger partial charge in [0.15, 0.2) is 0 Å². The molecule has 0 aliphatic carbocycles. The average Bonchev–Trinajstić information content (AvgIpc) is 2.53. The Morgan fingerprint density at radius 1 is 1.36 bits per heavy atom. The van der Waals surface area contributed by atoms with E-state index >= 15 is 0 Å². The number of carbonyl (C=O) groups excluding carboxylic acids is 1. The molecule has 1 amide bonds. The lowest BCUT2D eigenvalue weighted by molar-refractivity contribution is -0.384. The number of amides is 1. The second-order valence-electron chi connectivity index (χ2n) is 6.08. The molecule has 3 N–H and O–H groups in total. The summed E-state index contributed by atoms with van der Waals surface area (Å²) in [5.41, 5.74) is 0.0137. The molecule has 0 spiro atoms. The molecule has 0 bridgehead atoms. The van der Waals surface area contributed by atoms with Crippen LogP contribution in [0.15, 0.2) is 29.1 Å². The van der Waals surface area contributed by atoms with Gasteiger partial charge in [0.05, 0.1) is 10.5 Å². The zero-order valence-electron chi connectivity index (χ0n) is 13.6. The van der Waals surface area contributed by atoms with Crippen LogP contribution in [0.1, 0.15) is 30.1 Å². The fourth-order valence-electron chi connectivity index (χ4n) is 3.07. The molecule has 2 heterocycles. The van der Waals surface area contributed by atoms with E-state index in [2.05, 4.69) is 15.6 Å². The highest BCUT2D eigenvalue weighted by Gasteiger charge is 2.22. The summed E-state index contributed by atoms with van der Waals surface area (Å²) in [7, 11) is 0. The number of pyridine rings is 1. The summed E-state index contributed by atoms with van der Waals surface area (Å²) in [5.74, 6) is -0.384. The van der Waals surface area contributed by atoms with Gasteiger partial charge < -0.3 is 15.6 Å². The number of nitrogens with one attached hydrogen (secondary N) is 3. The van der Waals surface area contributed by atoms with Crippen molar-refractivity contribution >= 4 is 34.9 Å². The Morgan fingerprint density at radius 2 is 2.12 bits per heavy atom. The number of H-pyrrole nitrogens is 1. The highest BCUT2D eigenvalue weighted by molar-refractivity contribution is 6.06. The minimum Gasteiger partial charge on any atom is -0.349 e. The summed E-state index contributed by atoms with van der Waals surface area (Å²) in [6, 6.07) is 5.56. The Labute approximate surface area is 149 Å². The van der Waals surface area contributed by atoms with Gasteiger partial charge in [-0.1, -0.05) is 0 Å². The van der Waals surface area contributed by atoms with Crippen LogP contribution in [0.25, 0.3) is 10.9 Å². The molecular formula is C16H19ClN4O4. The second kappa shape index (κ2) is 7.62. The maximum atomic E-state index is 12.6. The predicted molar refractivity (Wildman–Crippen MR) is 96.4 cm³/mol. The van der Waals surface area contributed by atoms with Crippen molar-refractivity contribution in [1.29, 1.82) is 0 Å². The van der Waals surface area contributed by atoms with Crippen molar-refractivity contribution in [3.63, 3.8) is 0 Å². The second-order valence-corrected chi connectivity index (χ2v) is 6.08. The fourth-order valence-corrected chi connectivity index (χ4v) is 3.07. The molecule has 1 aliphatic heterocycles. The molecular weight excluding hydrogens is 348 g/mol. The topological polar surface area (TPSA) is 117 Å². The summed E-state index contributed by atoms with van der Waals surface area (Å²) < 4.78 is 0. The molecule has 1 aromatic heterocycles. The molecule has 25 heavy (non-hydrogen) atoms. The lowest BCUT2D eigenvalue weighted by atomic mass is 9.99. The van der Waals surface area contributed by atoms with E-state index in [0.717, 1.165) is 19.4 Å². The number of aromatic amines is 1. The van der Waals surface area contributed by atoms with Gasteiger partial charge in [-0.3, -0.25) is 19.7 Å². The number of rotatable bonds is 3. The molecule has 134 valence electrons. The fraction of sp³-hybridized carbons (Fsp3) is 0.375. The van der Waals surface area contributed by atoms with Crippen LogP contribution in [-0.2, 0) is 0 Å². The molecule has 0 saturated carbocycles. The van der Waals surface area contributed by atoms with Gasteiger partial charge in [0.25, 0.3) is 11.6 Å². The zero-order valence-corrected chi connectivity index (χ0v) is 14.4. The number of carbonyl (C=O) groups is 1. The van der Waals surface area contributed by atoms with Crippen molar-refractivity contribution in [2.75, 3.05) is 6.54 Å². The number of nitrogens with zero attached hydrogens (tertiary/aromatic N) is 1. The Bertz CT molecular complexity index is 867. The summed E-state index contributed by atoms with van der Waals surface area (Å²) in [6.45, 7) is 2.86. The first-order valence-electron chi connectivity index (χ1n) is 7.80.